The molecule has 2 unspecified atom stereocenters. The fourth-order valence-electron chi connectivity index (χ4n) is 3.40. The Labute approximate surface area is 134 Å². The van der Waals surface area contributed by atoms with Crippen molar-refractivity contribution >= 4 is 34.4 Å². The molecule has 5 heteroatoms. The van der Waals surface area contributed by atoms with Crippen molar-refractivity contribution in [2.45, 2.75) is 43.4 Å². The van der Waals surface area contributed by atoms with Crippen molar-refractivity contribution in [3.05, 3.63) is 29.8 Å². The average Bonchev–Trinajstić information content (AvgIpc) is 2.84. The molecule has 1 aliphatic carbocycles. The van der Waals surface area contributed by atoms with Crippen molar-refractivity contribution in [3.63, 3.8) is 0 Å². The first-order valence-corrected chi connectivity index (χ1v) is 9.32. The summed E-state index contributed by atoms with van der Waals surface area (Å²) in [4.78, 5) is 4.64. The molecule has 0 spiro atoms. The molecular weight excluding hydrogens is 307 g/mol. The smallest absolute Gasteiger partial charge is 0.125 e. The van der Waals surface area contributed by atoms with Crippen LogP contribution in [0.25, 0.3) is 11.0 Å². The number of benzene rings is 1. The first kappa shape index (κ1) is 15.2. The molecule has 1 aromatic heterocycles. The normalized spacial score (nSPS) is 22.8. The van der Waals surface area contributed by atoms with E-state index in [0.29, 0.717) is 17.2 Å². The lowest BCUT2D eigenvalue weighted by atomic mass is 9.94. The van der Waals surface area contributed by atoms with Gasteiger partial charge in [0.25, 0.3) is 0 Å². The molecular formula is C16H20ClFN2S. The van der Waals surface area contributed by atoms with Gasteiger partial charge in [0.2, 0.25) is 0 Å². The Morgan fingerprint density at radius 2 is 2.19 bits per heavy atom. The zero-order valence-corrected chi connectivity index (χ0v) is 13.8. The molecule has 0 amide bonds. The van der Waals surface area contributed by atoms with Crippen LogP contribution in [0.4, 0.5) is 4.39 Å². The van der Waals surface area contributed by atoms with Crippen LogP contribution in [0.2, 0.25) is 0 Å². The summed E-state index contributed by atoms with van der Waals surface area (Å²) in [7, 11) is 0. The highest BCUT2D eigenvalue weighted by molar-refractivity contribution is 7.99. The van der Waals surface area contributed by atoms with E-state index in [4.69, 9.17) is 11.6 Å². The summed E-state index contributed by atoms with van der Waals surface area (Å²) in [6.45, 7) is 0. The lowest BCUT2D eigenvalue weighted by Gasteiger charge is -2.33. The number of aryl methyl sites for hydroxylation is 1. The zero-order valence-electron chi connectivity index (χ0n) is 12.2. The van der Waals surface area contributed by atoms with Crippen molar-refractivity contribution in [2.24, 2.45) is 0 Å². The van der Waals surface area contributed by atoms with Gasteiger partial charge in [-0.1, -0.05) is 12.8 Å². The lowest BCUT2D eigenvalue weighted by Crippen LogP contribution is -2.26. The Hall–Kier alpha value is -0.740. The Balaban J connectivity index is 2.11. The van der Waals surface area contributed by atoms with E-state index >= 15 is 0 Å². The molecule has 21 heavy (non-hydrogen) atoms. The molecule has 2 nitrogen and oxygen atoms in total. The summed E-state index contributed by atoms with van der Waals surface area (Å²) >= 11 is 7.88. The summed E-state index contributed by atoms with van der Waals surface area (Å²) < 4.78 is 15.8. The second-order valence-corrected chi connectivity index (χ2v) is 7.05. The summed E-state index contributed by atoms with van der Waals surface area (Å²) in [5.74, 6) is 1.31. The van der Waals surface area contributed by atoms with Gasteiger partial charge in [0, 0.05) is 29.7 Å². The fourth-order valence-corrected chi connectivity index (χ4v) is 4.54. The van der Waals surface area contributed by atoms with Crippen LogP contribution in [-0.2, 0) is 6.42 Å². The molecule has 0 saturated heterocycles. The number of nitrogens with zero attached hydrogens (tertiary/aromatic N) is 2. The van der Waals surface area contributed by atoms with E-state index in [2.05, 4.69) is 15.8 Å². The SMILES string of the molecule is CSC1CCCCC1n1c(CCCl)nc2cc(F)ccc21. The minimum Gasteiger partial charge on any atom is -0.324 e. The molecule has 114 valence electrons. The molecule has 0 bridgehead atoms. The van der Waals surface area contributed by atoms with Crippen LogP contribution >= 0.6 is 23.4 Å². The highest BCUT2D eigenvalue weighted by atomic mass is 35.5. The third-order valence-corrected chi connectivity index (χ3v) is 5.69. The number of imidazole rings is 1. The number of aromatic nitrogens is 2. The van der Waals surface area contributed by atoms with Crippen molar-refractivity contribution in [3.8, 4) is 0 Å². The Kier molecular flexibility index (Phi) is 4.75. The molecule has 1 aromatic carbocycles. The molecule has 1 heterocycles. The average molecular weight is 327 g/mol. The maximum Gasteiger partial charge on any atom is 0.125 e. The van der Waals surface area contributed by atoms with E-state index in [0.717, 1.165) is 23.3 Å². The topological polar surface area (TPSA) is 17.8 Å². The lowest BCUT2D eigenvalue weighted by molar-refractivity contribution is 0.364. The first-order valence-electron chi connectivity index (χ1n) is 7.49. The van der Waals surface area contributed by atoms with Crippen molar-refractivity contribution < 1.29 is 4.39 Å². The summed E-state index contributed by atoms with van der Waals surface area (Å²) in [5, 5.41) is 0.607. The molecule has 0 radical (unpaired) electrons. The van der Waals surface area contributed by atoms with Crippen LogP contribution in [-0.4, -0.2) is 26.9 Å². The molecule has 1 aliphatic rings. The molecule has 2 atom stereocenters. The second-order valence-electron chi connectivity index (χ2n) is 5.60. The predicted molar refractivity (Wildman–Crippen MR) is 88.9 cm³/mol. The molecule has 2 aromatic rings. The third-order valence-electron chi connectivity index (χ3n) is 4.34. The van der Waals surface area contributed by atoms with Gasteiger partial charge in [-0.3, -0.25) is 0 Å². The van der Waals surface area contributed by atoms with E-state index in [1.54, 1.807) is 0 Å². The van der Waals surface area contributed by atoms with E-state index in [9.17, 15) is 4.39 Å². The summed E-state index contributed by atoms with van der Waals surface area (Å²) in [6.07, 6.45) is 7.88. The monoisotopic (exact) mass is 326 g/mol. The van der Waals surface area contributed by atoms with Crippen molar-refractivity contribution in [1.82, 2.24) is 9.55 Å². The number of rotatable bonds is 4. The predicted octanol–water partition coefficient (Wildman–Crippen LogP) is 4.80. The largest absolute Gasteiger partial charge is 0.324 e. The van der Waals surface area contributed by atoms with Gasteiger partial charge in [-0.15, -0.1) is 11.6 Å². The number of thioether (sulfide) groups is 1. The highest BCUT2D eigenvalue weighted by Gasteiger charge is 2.29. The van der Waals surface area contributed by atoms with Crippen LogP contribution in [0.3, 0.4) is 0 Å². The fraction of sp³-hybridized carbons (Fsp3) is 0.562. The van der Waals surface area contributed by atoms with Crippen LogP contribution in [0.15, 0.2) is 18.2 Å². The van der Waals surface area contributed by atoms with E-state index in [1.165, 1.54) is 37.8 Å². The highest BCUT2D eigenvalue weighted by Crippen LogP contribution is 2.38. The zero-order chi connectivity index (χ0) is 14.8. The van der Waals surface area contributed by atoms with Crippen molar-refractivity contribution in [1.29, 1.82) is 0 Å². The first-order chi connectivity index (χ1) is 10.2. The minimum absolute atomic E-state index is 0.227. The van der Waals surface area contributed by atoms with Gasteiger partial charge in [-0.2, -0.15) is 11.8 Å². The Morgan fingerprint density at radius 1 is 1.38 bits per heavy atom. The van der Waals surface area contributed by atoms with E-state index < -0.39 is 0 Å². The number of fused-ring (bicyclic) bond motifs is 1. The second kappa shape index (κ2) is 6.57. The molecule has 0 aliphatic heterocycles. The van der Waals surface area contributed by atoms with Crippen molar-refractivity contribution in [2.75, 3.05) is 12.1 Å². The number of halogens is 2. The summed E-state index contributed by atoms with van der Waals surface area (Å²) in [5.41, 5.74) is 1.79. The number of hydrogen-bond acceptors (Lipinski definition) is 2. The number of hydrogen-bond donors (Lipinski definition) is 0. The molecule has 1 fully saturated rings. The van der Waals surface area contributed by atoms with Gasteiger partial charge >= 0.3 is 0 Å². The Morgan fingerprint density at radius 3 is 2.95 bits per heavy atom. The van der Waals surface area contributed by atoms with Gasteiger partial charge in [-0.05, 0) is 31.2 Å². The van der Waals surface area contributed by atoms with Gasteiger partial charge in [0.1, 0.15) is 11.6 Å². The maximum absolute atomic E-state index is 13.5. The van der Waals surface area contributed by atoms with Crippen LogP contribution in [0.5, 0.6) is 0 Å². The van der Waals surface area contributed by atoms with E-state index in [1.807, 2.05) is 17.8 Å². The van der Waals surface area contributed by atoms with Gasteiger partial charge in [0.15, 0.2) is 0 Å². The quantitative estimate of drug-likeness (QED) is 0.751. The summed E-state index contributed by atoms with van der Waals surface area (Å²) in [6, 6.07) is 5.37. The standard InChI is InChI=1S/C16H20ClFN2S/c1-21-15-5-3-2-4-14(15)20-13-7-6-11(18)10-12(13)19-16(20)8-9-17/h6-7,10,14-15H,2-5,8-9H2,1H3. The maximum atomic E-state index is 13.5. The Bertz CT molecular complexity index is 628. The minimum atomic E-state index is -0.227. The van der Waals surface area contributed by atoms with Gasteiger partial charge in [-0.25, -0.2) is 9.37 Å². The van der Waals surface area contributed by atoms with E-state index in [-0.39, 0.29) is 5.82 Å². The third kappa shape index (κ3) is 2.93. The van der Waals surface area contributed by atoms with Crippen LogP contribution in [0.1, 0.15) is 37.5 Å². The van der Waals surface area contributed by atoms with Crippen LogP contribution in [0, 0.1) is 5.82 Å². The molecule has 3 rings (SSSR count). The van der Waals surface area contributed by atoms with Gasteiger partial charge in [0.05, 0.1) is 11.0 Å². The molecule has 1 saturated carbocycles. The van der Waals surface area contributed by atoms with Gasteiger partial charge < -0.3 is 4.57 Å². The van der Waals surface area contributed by atoms with Crippen LogP contribution < -0.4 is 0 Å². The molecule has 0 N–H and O–H groups in total. The number of alkyl halides is 1.